The van der Waals surface area contributed by atoms with Gasteiger partial charge in [-0.1, -0.05) is 51.9 Å². The van der Waals surface area contributed by atoms with Crippen molar-refractivity contribution in [1.82, 2.24) is 4.73 Å². The Balaban J connectivity index is 2.06. The highest BCUT2D eigenvalue weighted by Gasteiger charge is 2.17. The van der Waals surface area contributed by atoms with Gasteiger partial charge in [0.05, 0.1) is 0 Å². The first-order chi connectivity index (χ1) is 10.2. The van der Waals surface area contributed by atoms with Crippen LogP contribution in [0.15, 0.2) is 12.3 Å². The van der Waals surface area contributed by atoms with Gasteiger partial charge in [-0.25, -0.2) is 9.18 Å². The van der Waals surface area contributed by atoms with Gasteiger partial charge in [-0.15, -0.1) is 0 Å². The normalized spacial score (nSPS) is 10.8. The van der Waals surface area contributed by atoms with Crippen LogP contribution in [0.4, 0.5) is 4.39 Å². The summed E-state index contributed by atoms with van der Waals surface area (Å²) < 4.78 is 14.2. The first-order valence-corrected chi connectivity index (χ1v) is 7.90. The van der Waals surface area contributed by atoms with Gasteiger partial charge in [-0.2, -0.15) is 4.73 Å². The number of aromatic carboxylic acids is 1. The molecule has 21 heavy (non-hydrogen) atoms. The predicted octanol–water partition coefficient (Wildman–Crippen LogP) is 4.28. The molecular weight excluding hydrogens is 273 g/mol. The number of hydrogen-bond donors (Lipinski definition) is 1. The average Bonchev–Trinajstić information content (AvgIpc) is 2.82. The van der Waals surface area contributed by atoms with Crippen molar-refractivity contribution < 1.29 is 19.1 Å². The minimum absolute atomic E-state index is 0.407. The molecule has 1 rings (SSSR count). The molecule has 1 aromatic heterocycles. The average molecular weight is 299 g/mol. The van der Waals surface area contributed by atoms with Gasteiger partial charge in [0.2, 0.25) is 0 Å². The smallest absolute Gasteiger partial charge is 0.359 e. The standard InChI is InChI=1S/C16H26FNO3/c1-2-3-4-5-6-7-8-9-10-13-21-18-12-11-14(17)15(18)16(19)20/h11-12H,2-10,13H2,1H3,(H,19,20). The Morgan fingerprint density at radius 3 is 2.29 bits per heavy atom. The van der Waals surface area contributed by atoms with Gasteiger partial charge in [-0.3, -0.25) is 0 Å². The molecule has 0 bridgehead atoms. The van der Waals surface area contributed by atoms with Crippen molar-refractivity contribution in [1.29, 1.82) is 0 Å². The fourth-order valence-electron chi connectivity index (χ4n) is 2.27. The number of unbranched alkanes of at least 4 members (excludes halogenated alkanes) is 8. The van der Waals surface area contributed by atoms with E-state index >= 15 is 0 Å². The fraction of sp³-hybridized carbons (Fsp3) is 0.688. The monoisotopic (exact) mass is 299 g/mol. The largest absolute Gasteiger partial charge is 0.476 e. The molecule has 0 fully saturated rings. The lowest BCUT2D eigenvalue weighted by atomic mass is 10.1. The van der Waals surface area contributed by atoms with E-state index in [0.29, 0.717) is 6.61 Å². The summed E-state index contributed by atoms with van der Waals surface area (Å²) in [6, 6.07) is 1.10. The molecule has 0 radical (unpaired) electrons. The van der Waals surface area contributed by atoms with Crippen LogP contribution in [0.5, 0.6) is 0 Å². The van der Waals surface area contributed by atoms with Crippen molar-refractivity contribution in [3.05, 3.63) is 23.8 Å². The summed E-state index contributed by atoms with van der Waals surface area (Å²) >= 11 is 0. The van der Waals surface area contributed by atoms with E-state index in [2.05, 4.69) is 6.92 Å². The molecular formula is C16H26FNO3. The van der Waals surface area contributed by atoms with Gasteiger partial charge in [-0.05, 0) is 18.9 Å². The van der Waals surface area contributed by atoms with E-state index < -0.39 is 17.5 Å². The van der Waals surface area contributed by atoms with Crippen molar-refractivity contribution in [2.75, 3.05) is 6.61 Å². The number of carboxylic acid groups (broad SMARTS) is 1. The second-order valence-electron chi connectivity index (χ2n) is 5.30. The fourth-order valence-corrected chi connectivity index (χ4v) is 2.27. The maximum absolute atomic E-state index is 13.2. The Morgan fingerprint density at radius 1 is 1.14 bits per heavy atom. The molecule has 0 aliphatic rings. The van der Waals surface area contributed by atoms with Gasteiger partial charge >= 0.3 is 5.97 Å². The van der Waals surface area contributed by atoms with Gasteiger partial charge in [0.25, 0.3) is 0 Å². The van der Waals surface area contributed by atoms with E-state index in [1.807, 2.05) is 0 Å². The molecule has 4 nitrogen and oxygen atoms in total. The third kappa shape index (κ3) is 6.65. The lowest BCUT2D eigenvalue weighted by Gasteiger charge is -2.08. The molecule has 0 spiro atoms. The number of nitrogens with zero attached hydrogens (tertiary/aromatic N) is 1. The lowest BCUT2D eigenvalue weighted by Crippen LogP contribution is -2.18. The maximum atomic E-state index is 13.2. The Bertz CT molecular complexity index is 418. The van der Waals surface area contributed by atoms with Crippen LogP contribution in [0.2, 0.25) is 0 Å². The molecule has 0 saturated carbocycles. The Morgan fingerprint density at radius 2 is 1.71 bits per heavy atom. The molecule has 0 saturated heterocycles. The molecule has 0 atom stereocenters. The van der Waals surface area contributed by atoms with Crippen LogP contribution < -0.4 is 4.84 Å². The Kier molecular flexibility index (Phi) is 8.55. The van der Waals surface area contributed by atoms with Crippen LogP contribution in [0, 0.1) is 5.82 Å². The van der Waals surface area contributed by atoms with Crippen molar-refractivity contribution >= 4 is 5.97 Å². The summed E-state index contributed by atoms with van der Waals surface area (Å²) in [7, 11) is 0. The zero-order valence-corrected chi connectivity index (χ0v) is 12.8. The maximum Gasteiger partial charge on any atom is 0.359 e. The molecule has 1 heterocycles. The highest BCUT2D eigenvalue weighted by atomic mass is 19.1. The Hall–Kier alpha value is -1.52. The second kappa shape index (κ2) is 10.2. The topological polar surface area (TPSA) is 51.5 Å². The third-order valence-electron chi connectivity index (χ3n) is 3.48. The highest BCUT2D eigenvalue weighted by molar-refractivity contribution is 5.86. The predicted molar refractivity (Wildman–Crippen MR) is 80.0 cm³/mol. The number of rotatable bonds is 12. The van der Waals surface area contributed by atoms with Gasteiger partial charge in [0.1, 0.15) is 6.61 Å². The molecule has 0 aliphatic heterocycles. The van der Waals surface area contributed by atoms with Gasteiger partial charge in [0, 0.05) is 6.20 Å². The Labute approximate surface area is 125 Å². The molecule has 0 aromatic carbocycles. The number of carbonyl (C=O) groups is 1. The molecule has 120 valence electrons. The van der Waals surface area contributed by atoms with E-state index in [-0.39, 0.29) is 0 Å². The second-order valence-corrected chi connectivity index (χ2v) is 5.30. The van der Waals surface area contributed by atoms with E-state index in [4.69, 9.17) is 9.94 Å². The van der Waals surface area contributed by atoms with Crippen LogP contribution in [0.3, 0.4) is 0 Å². The summed E-state index contributed by atoms with van der Waals surface area (Å²) in [5, 5.41) is 8.86. The minimum atomic E-state index is -1.32. The first-order valence-electron chi connectivity index (χ1n) is 7.90. The third-order valence-corrected chi connectivity index (χ3v) is 3.48. The summed E-state index contributed by atoms with van der Waals surface area (Å²) in [6.07, 6.45) is 12.1. The zero-order valence-electron chi connectivity index (χ0n) is 12.8. The SMILES string of the molecule is CCCCCCCCCCCOn1ccc(F)c1C(=O)O. The zero-order chi connectivity index (χ0) is 15.5. The summed E-state index contributed by atoms with van der Waals surface area (Å²) in [5.74, 6) is -2.08. The molecule has 5 heteroatoms. The number of halogens is 1. The quantitative estimate of drug-likeness (QED) is 0.586. The first kappa shape index (κ1) is 17.5. The minimum Gasteiger partial charge on any atom is -0.476 e. The number of hydrogen-bond acceptors (Lipinski definition) is 2. The molecule has 1 aromatic rings. The van der Waals surface area contributed by atoms with Crippen LogP contribution in [-0.2, 0) is 0 Å². The van der Waals surface area contributed by atoms with Crippen LogP contribution in [-0.4, -0.2) is 22.4 Å². The van der Waals surface area contributed by atoms with E-state index in [1.165, 1.54) is 51.1 Å². The van der Waals surface area contributed by atoms with Gasteiger partial charge in [0.15, 0.2) is 11.5 Å². The molecule has 0 aliphatic carbocycles. The van der Waals surface area contributed by atoms with Crippen molar-refractivity contribution in [2.45, 2.75) is 64.7 Å². The molecule has 0 amide bonds. The highest BCUT2D eigenvalue weighted by Crippen LogP contribution is 2.10. The molecule has 0 unspecified atom stereocenters. The van der Waals surface area contributed by atoms with Crippen LogP contribution in [0.25, 0.3) is 0 Å². The summed E-state index contributed by atoms with van der Waals surface area (Å²) in [5.41, 5.74) is -0.439. The molecule has 1 N–H and O–H groups in total. The van der Waals surface area contributed by atoms with Crippen molar-refractivity contribution in [2.24, 2.45) is 0 Å². The van der Waals surface area contributed by atoms with Crippen molar-refractivity contribution in [3.63, 3.8) is 0 Å². The lowest BCUT2D eigenvalue weighted by molar-refractivity contribution is 0.0578. The van der Waals surface area contributed by atoms with Crippen molar-refractivity contribution in [3.8, 4) is 0 Å². The van der Waals surface area contributed by atoms with E-state index in [0.717, 1.165) is 23.6 Å². The van der Waals surface area contributed by atoms with Crippen LogP contribution >= 0.6 is 0 Å². The number of aromatic nitrogens is 1. The van der Waals surface area contributed by atoms with E-state index in [9.17, 15) is 9.18 Å². The van der Waals surface area contributed by atoms with E-state index in [1.54, 1.807) is 0 Å². The number of carboxylic acids is 1. The summed E-state index contributed by atoms with van der Waals surface area (Å²) in [6.45, 7) is 2.62. The van der Waals surface area contributed by atoms with Gasteiger partial charge < -0.3 is 9.94 Å². The summed E-state index contributed by atoms with van der Waals surface area (Å²) in [4.78, 5) is 16.1. The van der Waals surface area contributed by atoms with Crippen LogP contribution in [0.1, 0.15) is 75.2 Å².